The highest BCUT2D eigenvalue weighted by Gasteiger charge is 2.62. The van der Waals surface area contributed by atoms with Gasteiger partial charge in [0.15, 0.2) is 19.0 Å². The largest absolute Gasteiger partial charge is 0.506 e. The molecule has 0 aliphatic carbocycles. The van der Waals surface area contributed by atoms with E-state index in [-0.39, 0.29) is 13.2 Å². The Hall–Kier alpha value is -3.67. The summed E-state index contributed by atoms with van der Waals surface area (Å²) in [5.74, 6) is -0.559. The lowest BCUT2D eigenvalue weighted by Gasteiger charge is -2.46. The van der Waals surface area contributed by atoms with Gasteiger partial charge >= 0.3 is 0 Å². The molecule has 0 aromatic heterocycles. The maximum atomic E-state index is 15.3. The van der Waals surface area contributed by atoms with E-state index in [9.17, 15) is 10.2 Å². The van der Waals surface area contributed by atoms with Crippen molar-refractivity contribution in [1.29, 1.82) is 0 Å². The summed E-state index contributed by atoms with van der Waals surface area (Å²) in [4.78, 5) is 0. The molecule has 200 valence electrons. The van der Waals surface area contributed by atoms with E-state index in [1.807, 2.05) is 72.8 Å². The molecule has 5 rings (SSSR count). The van der Waals surface area contributed by atoms with Gasteiger partial charge in [0.05, 0.1) is 19.8 Å². The topological polar surface area (TPSA) is 85.2 Å². The molecule has 0 saturated carbocycles. The third-order valence-electron chi connectivity index (χ3n) is 6.85. The van der Waals surface area contributed by atoms with E-state index in [1.54, 1.807) is 48.5 Å². The minimum atomic E-state index is -4.00. The summed E-state index contributed by atoms with van der Waals surface area (Å²) in [5.41, 5.74) is 1.83. The van der Waals surface area contributed by atoms with Crippen molar-refractivity contribution < 1.29 is 29.0 Å². The standard InChI is InChI=1S/C32H31O6P/c33-30-24-37-29(23-36-21-25-13-5-1-6-14-25)31(38-22-26-15-7-2-8-16-26)32(30,34)39(35,27-17-9-3-10-18-27)28-19-11-4-12-20-28/h1-20,24,29,31,33-34H,21-23H2/t29-,31-,32-/m1/s1. The fraction of sp³-hybridized carbons (Fsp3) is 0.188. The summed E-state index contributed by atoms with van der Waals surface area (Å²) in [6, 6.07) is 36.6. The molecule has 1 aliphatic rings. The lowest BCUT2D eigenvalue weighted by Crippen LogP contribution is -2.58. The fourth-order valence-electron chi connectivity index (χ4n) is 4.85. The van der Waals surface area contributed by atoms with Crippen LogP contribution in [0.25, 0.3) is 0 Å². The van der Waals surface area contributed by atoms with Crippen molar-refractivity contribution >= 4 is 17.8 Å². The van der Waals surface area contributed by atoms with Gasteiger partial charge in [-0.05, 0) is 11.1 Å². The maximum absolute atomic E-state index is 15.3. The molecule has 6 nitrogen and oxygen atoms in total. The highest BCUT2D eigenvalue weighted by molar-refractivity contribution is 7.80. The Kier molecular flexibility index (Phi) is 8.30. The number of rotatable bonds is 10. The van der Waals surface area contributed by atoms with Crippen molar-refractivity contribution in [2.45, 2.75) is 30.8 Å². The lowest BCUT2D eigenvalue weighted by atomic mass is 10.0. The highest BCUT2D eigenvalue weighted by atomic mass is 31.2. The number of hydrogen-bond donors (Lipinski definition) is 2. The number of aliphatic hydroxyl groups excluding tert-OH is 1. The van der Waals surface area contributed by atoms with Crippen molar-refractivity contribution in [3.8, 4) is 0 Å². The Morgan fingerprint density at radius 3 is 1.69 bits per heavy atom. The second-order valence-corrected chi connectivity index (χ2v) is 12.3. The van der Waals surface area contributed by atoms with Crippen molar-refractivity contribution in [3.05, 3.63) is 144 Å². The summed E-state index contributed by atoms with van der Waals surface area (Å²) >= 11 is 0. The van der Waals surface area contributed by atoms with Crippen LogP contribution in [0.15, 0.2) is 133 Å². The average Bonchev–Trinajstić information content (AvgIpc) is 3.00. The highest BCUT2D eigenvalue weighted by Crippen LogP contribution is 2.61. The van der Waals surface area contributed by atoms with Crippen LogP contribution in [0.1, 0.15) is 11.1 Å². The van der Waals surface area contributed by atoms with Gasteiger partial charge < -0.3 is 29.0 Å². The first-order chi connectivity index (χ1) is 19.0. The molecule has 1 aliphatic heterocycles. The van der Waals surface area contributed by atoms with E-state index >= 15 is 4.57 Å². The molecular weight excluding hydrogens is 511 g/mol. The summed E-state index contributed by atoms with van der Waals surface area (Å²) < 4.78 is 33.5. The summed E-state index contributed by atoms with van der Waals surface area (Å²) in [5, 5.41) is 22.3. The number of ether oxygens (including phenoxy) is 3. The molecule has 4 aromatic rings. The summed E-state index contributed by atoms with van der Waals surface area (Å²) in [7, 11) is -4.00. The van der Waals surface area contributed by atoms with Crippen LogP contribution < -0.4 is 10.6 Å². The zero-order valence-corrected chi connectivity index (χ0v) is 22.3. The molecule has 39 heavy (non-hydrogen) atoms. The van der Waals surface area contributed by atoms with Gasteiger partial charge in [0.1, 0.15) is 12.4 Å². The molecule has 0 saturated heterocycles. The molecular formula is C32H31O6P. The number of aliphatic hydroxyl groups is 2. The SMILES string of the molecule is O=P(c1ccccc1)(c1ccccc1)[C@]1(O)C(O)=CO[C@H](COCc2ccccc2)[C@H]1OCc1ccccc1. The fourth-order valence-corrected chi connectivity index (χ4v) is 8.10. The van der Waals surface area contributed by atoms with Crippen LogP contribution in [0.5, 0.6) is 0 Å². The lowest BCUT2D eigenvalue weighted by molar-refractivity contribution is -0.159. The molecule has 0 unspecified atom stereocenters. The van der Waals surface area contributed by atoms with Gasteiger partial charge in [-0.15, -0.1) is 0 Å². The molecule has 1 heterocycles. The van der Waals surface area contributed by atoms with Crippen LogP contribution in [0.2, 0.25) is 0 Å². The second-order valence-electron chi connectivity index (χ2n) is 9.40. The third kappa shape index (κ3) is 5.42. The summed E-state index contributed by atoms with van der Waals surface area (Å²) in [6.07, 6.45) is -1.03. The Bertz CT molecular complexity index is 1370. The van der Waals surface area contributed by atoms with E-state index in [4.69, 9.17) is 14.2 Å². The van der Waals surface area contributed by atoms with Crippen LogP contribution in [-0.2, 0) is 32.0 Å². The Balaban J connectivity index is 1.56. The first-order valence-corrected chi connectivity index (χ1v) is 14.5. The van der Waals surface area contributed by atoms with E-state index < -0.39 is 30.5 Å². The molecule has 0 fully saturated rings. The second kappa shape index (κ2) is 12.0. The van der Waals surface area contributed by atoms with Gasteiger partial charge in [0.2, 0.25) is 5.34 Å². The van der Waals surface area contributed by atoms with Crippen LogP contribution in [-0.4, -0.2) is 34.4 Å². The van der Waals surface area contributed by atoms with E-state index in [0.29, 0.717) is 17.2 Å². The van der Waals surface area contributed by atoms with Crippen molar-refractivity contribution in [1.82, 2.24) is 0 Å². The van der Waals surface area contributed by atoms with E-state index in [2.05, 4.69) is 0 Å². The summed E-state index contributed by atoms with van der Waals surface area (Å²) in [6.45, 7) is 0.447. The van der Waals surface area contributed by atoms with Gasteiger partial charge in [-0.3, -0.25) is 0 Å². The van der Waals surface area contributed by atoms with Crippen molar-refractivity contribution in [3.63, 3.8) is 0 Å². The van der Waals surface area contributed by atoms with Crippen molar-refractivity contribution in [2.24, 2.45) is 0 Å². The molecule has 0 amide bonds. The van der Waals surface area contributed by atoms with Crippen LogP contribution in [0.4, 0.5) is 0 Å². The zero-order valence-electron chi connectivity index (χ0n) is 21.4. The van der Waals surface area contributed by atoms with Crippen LogP contribution in [0.3, 0.4) is 0 Å². The van der Waals surface area contributed by atoms with Gasteiger partial charge in [-0.1, -0.05) is 121 Å². The number of hydrogen-bond acceptors (Lipinski definition) is 6. The van der Waals surface area contributed by atoms with Gasteiger partial charge in [0.25, 0.3) is 0 Å². The Morgan fingerprint density at radius 1 is 0.718 bits per heavy atom. The molecule has 4 aromatic carbocycles. The van der Waals surface area contributed by atoms with Gasteiger partial charge in [-0.25, -0.2) is 0 Å². The monoisotopic (exact) mass is 542 g/mol. The Labute approximate surface area is 228 Å². The first kappa shape index (κ1) is 26.9. The smallest absolute Gasteiger partial charge is 0.215 e. The van der Waals surface area contributed by atoms with Gasteiger partial charge in [0, 0.05) is 10.6 Å². The van der Waals surface area contributed by atoms with E-state index in [1.165, 1.54) is 0 Å². The van der Waals surface area contributed by atoms with Gasteiger partial charge in [-0.2, -0.15) is 0 Å². The van der Waals surface area contributed by atoms with Crippen molar-refractivity contribution in [2.75, 3.05) is 6.61 Å². The molecule has 2 N–H and O–H groups in total. The third-order valence-corrected chi connectivity index (χ3v) is 10.3. The zero-order chi connectivity index (χ0) is 27.1. The minimum absolute atomic E-state index is 0.0318. The average molecular weight is 543 g/mol. The first-order valence-electron chi connectivity index (χ1n) is 12.8. The van der Waals surface area contributed by atoms with Crippen LogP contribution in [0, 0.1) is 0 Å². The maximum Gasteiger partial charge on any atom is 0.215 e. The van der Waals surface area contributed by atoms with E-state index in [0.717, 1.165) is 17.4 Å². The predicted molar refractivity (Wildman–Crippen MR) is 151 cm³/mol. The molecule has 3 atom stereocenters. The van der Waals surface area contributed by atoms with Crippen LogP contribution >= 0.6 is 7.14 Å². The number of benzene rings is 4. The Morgan fingerprint density at radius 2 is 1.18 bits per heavy atom. The minimum Gasteiger partial charge on any atom is -0.506 e. The molecule has 0 radical (unpaired) electrons. The quantitative estimate of drug-likeness (QED) is 0.265. The normalized spacial score (nSPS) is 21.1. The molecule has 7 heteroatoms. The predicted octanol–water partition coefficient (Wildman–Crippen LogP) is 5.29. The molecule has 0 bridgehead atoms. The molecule has 0 spiro atoms.